The summed E-state index contributed by atoms with van der Waals surface area (Å²) in [5, 5.41) is 10.2. The minimum atomic E-state index is -4.76. The van der Waals surface area contributed by atoms with E-state index < -0.39 is 12.5 Å². The lowest BCUT2D eigenvalue weighted by molar-refractivity contribution is -0.274. The molecule has 3 nitrogen and oxygen atoms in total. The Labute approximate surface area is 113 Å². The average Bonchev–Trinajstić information content (AvgIpc) is 2.65. The lowest BCUT2D eigenvalue weighted by Crippen LogP contribution is -2.17. The minimum absolute atomic E-state index is 0.302. The van der Waals surface area contributed by atoms with Crippen LogP contribution >= 0.6 is 0 Å². The van der Waals surface area contributed by atoms with Crippen LogP contribution in [-0.4, -0.2) is 11.5 Å². The summed E-state index contributed by atoms with van der Waals surface area (Å²) in [6.07, 6.45) is -5.82. The first kappa shape index (κ1) is 14.5. The zero-order valence-corrected chi connectivity index (χ0v) is 10.9. The first-order valence-corrected chi connectivity index (χ1v) is 5.87. The van der Waals surface area contributed by atoms with Crippen LogP contribution in [0, 0.1) is 13.8 Å². The third-order valence-corrected chi connectivity index (χ3v) is 2.78. The third-order valence-electron chi connectivity index (χ3n) is 2.78. The number of furan rings is 1. The fourth-order valence-electron chi connectivity index (χ4n) is 1.98. The van der Waals surface area contributed by atoms with E-state index in [1.54, 1.807) is 19.9 Å². The second-order valence-electron chi connectivity index (χ2n) is 4.39. The third kappa shape index (κ3) is 3.33. The monoisotopic (exact) mass is 286 g/mol. The van der Waals surface area contributed by atoms with Crippen molar-refractivity contribution in [2.75, 3.05) is 0 Å². The summed E-state index contributed by atoms with van der Waals surface area (Å²) >= 11 is 0. The van der Waals surface area contributed by atoms with E-state index in [1.807, 2.05) is 0 Å². The molecule has 1 heterocycles. The van der Waals surface area contributed by atoms with Crippen LogP contribution in [-0.2, 0) is 0 Å². The van der Waals surface area contributed by atoms with Crippen molar-refractivity contribution in [3.05, 3.63) is 53.0 Å². The van der Waals surface area contributed by atoms with E-state index in [-0.39, 0.29) is 5.75 Å². The van der Waals surface area contributed by atoms with Gasteiger partial charge in [0.05, 0.1) is 0 Å². The number of aliphatic hydroxyl groups excluding tert-OH is 1. The predicted molar refractivity (Wildman–Crippen MR) is 65.4 cm³/mol. The number of aryl methyl sites for hydroxylation is 2. The molecule has 0 aliphatic heterocycles. The van der Waals surface area contributed by atoms with E-state index in [1.165, 1.54) is 18.2 Å². The maximum Gasteiger partial charge on any atom is 0.573 e. The summed E-state index contributed by atoms with van der Waals surface area (Å²) in [6.45, 7) is 3.41. The van der Waals surface area contributed by atoms with Gasteiger partial charge in [-0.25, -0.2) is 0 Å². The molecule has 0 aliphatic carbocycles. The molecule has 0 saturated carbocycles. The molecule has 0 fully saturated rings. The van der Waals surface area contributed by atoms with Crippen molar-refractivity contribution in [1.29, 1.82) is 0 Å². The van der Waals surface area contributed by atoms with Crippen molar-refractivity contribution < 1.29 is 27.4 Å². The van der Waals surface area contributed by atoms with Gasteiger partial charge >= 0.3 is 6.36 Å². The fourth-order valence-corrected chi connectivity index (χ4v) is 1.98. The Bertz CT molecular complexity index is 602. The average molecular weight is 286 g/mol. The van der Waals surface area contributed by atoms with Gasteiger partial charge in [-0.15, -0.1) is 13.2 Å². The molecule has 0 saturated heterocycles. The van der Waals surface area contributed by atoms with E-state index in [0.29, 0.717) is 22.6 Å². The lowest BCUT2D eigenvalue weighted by Gasteiger charge is -2.13. The molecule has 6 heteroatoms. The van der Waals surface area contributed by atoms with Crippen LogP contribution < -0.4 is 4.74 Å². The Morgan fingerprint density at radius 2 is 1.90 bits per heavy atom. The molecule has 108 valence electrons. The van der Waals surface area contributed by atoms with Crippen molar-refractivity contribution in [1.82, 2.24) is 0 Å². The summed E-state index contributed by atoms with van der Waals surface area (Å²) in [4.78, 5) is 0. The van der Waals surface area contributed by atoms with Gasteiger partial charge in [0.1, 0.15) is 23.4 Å². The second-order valence-corrected chi connectivity index (χ2v) is 4.39. The maximum atomic E-state index is 12.2. The van der Waals surface area contributed by atoms with Gasteiger partial charge in [0.2, 0.25) is 0 Å². The van der Waals surface area contributed by atoms with E-state index in [4.69, 9.17) is 4.42 Å². The molecule has 0 radical (unpaired) electrons. The summed E-state index contributed by atoms with van der Waals surface area (Å²) < 4.78 is 45.6. The lowest BCUT2D eigenvalue weighted by atomic mass is 10.0. The molecule has 1 atom stereocenters. The first-order chi connectivity index (χ1) is 9.26. The van der Waals surface area contributed by atoms with Crippen molar-refractivity contribution >= 4 is 0 Å². The standard InChI is InChI=1S/C14H13F3O3/c1-8-6-12(9(2)19-8)13(18)10-4-3-5-11(7-10)20-14(15,16)17/h3-7,13,18H,1-2H3. The van der Waals surface area contributed by atoms with Crippen LogP contribution in [0.4, 0.5) is 13.2 Å². The molecule has 2 aromatic rings. The van der Waals surface area contributed by atoms with Gasteiger partial charge in [0.25, 0.3) is 0 Å². The van der Waals surface area contributed by atoms with Crippen molar-refractivity contribution in [3.63, 3.8) is 0 Å². The SMILES string of the molecule is Cc1cc(C(O)c2cccc(OC(F)(F)F)c2)c(C)o1. The highest BCUT2D eigenvalue weighted by Gasteiger charge is 2.31. The Hall–Kier alpha value is -1.95. The van der Waals surface area contributed by atoms with E-state index in [2.05, 4.69) is 4.74 Å². The summed E-state index contributed by atoms with van der Waals surface area (Å²) in [6, 6.07) is 6.89. The number of ether oxygens (including phenoxy) is 1. The van der Waals surface area contributed by atoms with Gasteiger partial charge < -0.3 is 14.3 Å². The number of rotatable bonds is 3. The highest BCUT2D eigenvalue weighted by atomic mass is 19.4. The quantitative estimate of drug-likeness (QED) is 0.931. The zero-order valence-electron chi connectivity index (χ0n) is 10.9. The summed E-state index contributed by atoms with van der Waals surface area (Å²) in [5.41, 5.74) is 0.822. The Balaban J connectivity index is 2.29. The molecular formula is C14H13F3O3. The van der Waals surface area contributed by atoms with Crippen LogP contribution in [0.5, 0.6) is 5.75 Å². The predicted octanol–water partition coefficient (Wildman–Crippen LogP) is 3.88. The number of benzene rings is 1. The highest BCUT2D eigenvalue weighted by molar-refractivity contribution is 5.36. The second kappa shape index (κ2) is 5.20. The topological polar surface area (TPSA) is 42.6 Å². The number of hydrogen-bond donors (Lipinski definition) is 1. The zero-order chi connectivity index (χ0) is 14.9. The number of aliphatic hydroxyl groups is 1. The molecule has 1 aromatic carbocycles. The van der Waals surface area contributed by atoms with E-state index >= 15 is 0 Å². The Kier molecular flexibility index (Phi) is 3.76. The van der Waals surface area contributed by atoms with Crippen LogP contribution in [0.1, 0.15) is 28.8 Å². The van der Waals surface area contributed by atoms with Gasteiger partial charge in [-0.2, -0.15) is 0 Å². The number of halogens is 3. The number of alkyl halides is 3. The minimum Gasteiger partial charge on any atom is -0.466 e. The van der Waals surface area contributed by atoms with Gasteiger partial charge in [0, 0.05) is 5.56 Å². The van der Waals surface area contributed by atoms with Crippen molar-refractivity contribution in [2.24, 2.45) is 0 Å². The molecule has 0 spiro atoms. The van der Waals surface area contributed by atoms with Crippen LogP contribution in [0.2, 0.25) is 0 Å². The van der Waals surface area contributed by atoms with E-state index in [0.717, 1.165) is 6.07 Å². The van der Waals surface area contributed by atoms with Crippen molar-refractivity contribution in [3.8, 4) is 5.75 Å². The first-order valence-electron chi connectivity index (χ1n) is 5.87. The smallest absolute Gasteiger partial charge is 0.466 e. The molecule has 1 aromatic heterocycles. The van der Waals surface area contributed by atoms with Crippen LogP contribution in [0.25, 0.3) is 0 Å². The molecule has 0 amide bonds. The van der Waals surface area contributed by atoms with Crippen LogP contribution in [0.15, 0.2) is 34.7 Å². The molecule has 0 aliphatic rings. The Morgan fingerprint density at radius 3 is 2.45 bits per heavy atom. The Morgan fingerprint density at radius 1 is 1.20 bits per heavy atom. The molecule has 20 heavy (non-hydrogen) atoms. The highest BCUT2D eigenvalue weighted by Crippen LogP contribution is 2.30. The summed E-state index contributed by atoms with van der Waals surface area (Å²) in [7, 11) is 0. The van der Waals surface area contributed by atoms with E-state index in [9.17, 15) is 18.3 Å². The number of hydrogen-bond acceptors (Lipinski definition) is 3. The van der Waals surface area contributed by atoms with Gasteiger partial charge in [-0.1, -0.05) is 12.1 Å². The molecule has 1 N–H and O–H groups in total. The van der Waals surface area contributed by atoms with Crippen LogP contribution in [0.3, 0.4) is 0 Å². The molecule has 1 unspecified atom stereocenters. The van der Waals surface area contributed by atoms with Crippen molar-refractivity contribution in [2.45, 2.75) is 26.3 Å². The van der Waals surface area contributed by atoms with Gasteiger partial charge in [0.15, 0.2) is 0 Å². The summed E-state index contributed by atoms with van der Waals surface area (Å²) in [5.74, 6) is 0.781. The molecular weight excluding hydrogens is 273 g/mol. The van der Waals surface area contributed by atoms with Gasteiger partial charge in [-0.3, -0.25) is 0 Å². The largest absolute Gasteiger partial charge is 0.573 e. The normalized spacial score (nSPS) is 13.3. The maximum absolute atomic E-state index is 12.2. The molecule has 2 rings (SSSR count). The van der Waals surface area contributed by atoms with Gasteiger partial charge in [-0.05, 0) is 37.6 Å². The fraction of sp³-hybridized carbons (Fsp3) is 0.286. The molecule has 0 bridgehead atoms.